The first-order chi connectivity index (χ1) is 15.6. The molecule has 1 N–H and O–H groups in total. The first-order valence-electron chi connectivity index (χ1n) is 11.4. The Kier molecular flexibility index (Phi) is 7.84. The molecule has 0 aromatic carbocycles. The summed E-state index contributed by atoms with van der Waals surface area (Å²) in [5.74, 6) is -0.173. The second-order valence-corrected chi connectivity index (χ2v) is 10.2. The van der Waals surface area contributed by atoms with Crippen molar-refractivity contribution in [3.05, 3.63) is 17.8 Å². The van der Waals surface area contributed by atoms with Crippen molar-refractivity contribution >= 4 is 27.7 Å². The van der Waals surface area contributed by atoms with E-state index in [0.717, 1.165) is 19.1 Å². The number of nitrogens with zero attached hydrogens (tertiary/aromatic N) is 2. The molecule has 2 heterocycles. The lowest BCUT2D eigenvalue weighted by atomic mass is 9.92. The largest absolute Gasteiger partial charge is 0.476 e. The summed E-state index contributed by atoms with van der Waals surface area (Å²) in [6, 6.07) is 3.30. The summed E-state index contributed by atoms with van der Waals surface area (Å²) >= 11 is 0. The van der Waals surface area contributed by atoms with Crippen LogP contribution in [0.2, 0.25) is 0 Å². The van der Waals surface area contributed by atoms with E-state index in [2.05, 4.69) is 10.3 Å². The Morgan fingerprint density at radius 2 is 1.85 bits per heavy atom. The molecule has 184 valence electrons. The van der Waals surface area contributed by atoms with Crippen LogP contribution >= 0.6 is 0 Å². The van der Waals surface area contributed by atoms with Crippen LogP contribution < -0.4 is 15.0 Å². The van der Waals surface area contributed by atoms with E-state index in [1.54, 1.807) is 19.1 Å². The van der Waals surface area contributed by atoms with E-state index in [1.165, 1.54) is 0 Å². The molecular weight excluding hydrogens is 450 g/mol. The van der Waals surface area contributed by atoms with Crippen LogP contribution in [0.15, 0.2) is 12.1 Å². The van der Waals surface area contributed by atoms with Crippen molar-refractivity contribution in [2.75, 3.05) is 37.5 Å². The lowest BCUT2D eigenvalue weighted by Gasteiger charge is -2.40. The van der Waals surface area contributed by atoms with Crippen LogP contribution in [0.5, 0.6) is 5.88 Å². The van der Waals surface area contributed by atoms with Gasteiger partial charge in [0.15, 0.2) is 0 Å². The summed E-state index contributed by atoms with van der Waals surface area (Å²) in [5, 5.41) is 2.81. The molecule has 1 aromatic rings. The molecule has 1 aliphatic carbocycles. The maximum atomic E-state index is 13.0. The predicted octanol–water partition coefficient (Wildman–Crippen LogP) is 1.89. The molecule has 11 heteroatoms. The van der Waals surface area contributed by atoms with E-state index in [0.29, 0.717) is 50.0 Å². The van der Waals surface area contributed by atoms with Crippen LogP contribution in [-0.4, -0.2) is 69.5 Å². The van der Waals surface area contributed by atoms with Crippen LogP contribution in [0, 0.1) is 5.92 Å². The summed E-state index contributed by atoms with van der Waals surface area (Å²) in [4.78, 5) is 31.9. The molecule has 1 saturated carbocycles. The Morgan fingerprint density at radius 3 is 2.39 bits per heavy atom. The quantitative estimate of drug-likeness (QED) is 0.350. The van der Waals surface area contributed by atoms with Crippen LogP contribution in [0.3, 0.4) is 0 Å². The van der Waals surface area contributed by atoms with E-state index in [9.17, 15) is 18.0 Å². The fourth-order valence-corrected chi connectivity index (χ4v) is 4.26. The molecule has 10 nitrogen and oxygen atoms in total. The number of pyridine rings is 1. The van der Waals surface area contributed by atoms with Gasteiger partial charge >= 0.3 is 5.97 Å². The molecule has 1 amide bonds. The SMILES string of the molecule is CCOC(=O)C(CC)(CC)NC(=O)c1ccc(N2CC(OS(C)(=O)=O)C2)c(OCC2CC2)n1. The highest BCUT2D eigenvalue weighted by molar-refractivity contribution is 7.86. The highest BCUT2D eigenvalue weighted by atomic mass is 32.2. The third-order valence-electron chi connectivity index (χ3n) is 5.95. The number of hydrogen-bond donors (Lipinski definition) is 1. The second kappa shape index (κ2) is 10.3. The zero-order valence-electron chi connectivity index (χ0n) is 19.6. The van der Waals surface area contributed by atoms with Gasteiger partial charge in [-0.25, -0.2) is 9.78 Å². The molecule has 33 heavy (non-hydrogen) atoms. The number of ether oxygens (including phenoxy) is 2. The molecule has 0 spiro atoms. The van der Waals surface area contributed by atoms with Crippen molar-refractivity contribution in [3.63, 3.8) is 0 Å². The van der Waals surface area contributed by atoms with Gasteiger partial charge in [0.25, 0.3) is 16.0 Å². The van der Waals surface area contributed by atoms with E-state index in [4.69, 9.17) is 13.7 Å². The van der Waals surface area contributed by atoms with Crippen molar-refractivity contribution in [1.82, 2.24) is 10.3 Å². The van der Waals surface area contributed by atoms with Gasteiger partial charge in [0, 0.05) is 13.1 Å². The summed E-state index contributed by atoms with van der Waals surface area (Å²) < 4.78 is 38.8. The minimum Gasteiger partial charge on any atom is -0.476 e. The summed E-state index contributed by atoms with van der Waals surface area (Å²) in [5.41, 5.74) is -0.330. The van der Waals surface area contributed by atoms with Gasteiger partial charge in [-0.05, 0) is 50.7 Å². The summed E-state index contributed by atoms with van der Waals surface area (Å²) in [6.07, 6.45) is 3.55. The third kappa shape index (κ3) is 6.35. The summed E-state index contributed by atoms with van der Waals surface area (Å²) in [7, 11) is -3.53. The van der Waals surface area contributed by atoms with Crippen molar-refractivity contribution in [3.8, 4) is 5.88 Å². The van der Waals surface area contributed by atoms with Gasteiger partial charge in [0.2, 0.25) is 5.88 Å². The van der Waals surface area contributed by atoms with Crippen LogP contribution in [0.1, 0.15) is 56.9 Å². The average molecular weight is 484 g/mol. The lowest BCUT2D eigenvalue weighted by molar-refractivity contribution is -0.151. The van der Waals surface area contributed by atoms with Crippen molar-refractivity contribution in [2.45, 2.75) is 58.1 Å². The van der Waals surface area contributed by atoms with Gasteiger partial charge in [-0.15, -0.1) is 0 Å². The van der Waals surface area contributed by atoms with Crippen LogP contribution in [0.25, 0.3) is 0 Å². The van der Waals surface area contributed by atoms with E-state index in [-0.39, 0.29) is 12.3 Å². The normalized spacial score (nSPS) is 16.8. The topological polar surface area (TPSA) is 124 Å². The van der Waals surface area contributed by atoms with Gasteiger partial charge < -0.3 is 19.7 Å². The Hall–Kier alpha value is -2.40. The third-order valence-corrected chi connectivity index (χ3v) is 6.57. The number of carbonyl (C=O) groups excluding carboxylic acids is 2. The Balaban J connectivity index is 1.77. The Bertz CT molecular complexity index is 968. The molecule has 3 rings (SSSR count). The minimum atomic E-state index is -3.53. The number of nitrogens with one attached hydrogen (secondary N) is 1. The number of hydrogen-bond acceptors (Lipinski definition) is 9. The first-order valence-corrected chi connectivity index (χ1v) is 13.2. The fraction of sp³-hybridized carbons (Fsp3) is 0.682. The lowest BCUT2D eigenvalue weighted by Crippen LogP contribution is -2.54. The second-order valence-electron chi connectivity index (χ2n) is 8.57. The number of rotatable bonds is 12. The zero-order chi connectivity index (χ0) is 24.2. The molecule has 1 aliphatic heterocycles. The number of carbonyl (C=O) groups is 2. The fourth-order valence-electron chi connectivity index (χ4n) is 3.65. The number of aromatic nitrogens is 1. The van der Waals surface area contributed by atoms with E-state index >= 15 is 0 Å². The predicted molar refractivity (Wildman–Crippen MR) is 122 cm³/mol. The Labute approximate surface area is 195 Å². The maximum absolute atomic E-state index is 13.0. The average Bonchev–Trinajstić information content (AvgIpc) is 3.57. The van der Waals surface area contributed by atoms with Gasteiger partial charge in [0.05, 0.1) is 19.5 Å². The zero-order valence-corrected chi connectivity index (χ0v) is 20.4. The highest BCUT2D eigenvalue weighted by Gasteiger charge is 2.39. The smallest absolute Gasteiger partial charge is 0.331 e. The molecule has 0 radical (unpaired) electrons. The standard InChI is InChI=1S/C22H33N3O7S/c1-5-22(6-2,21(27)30-7-3)24-19(26)17-10-11-18(20(23-17)31-14-15-8-9-15)25-12-16(13-25)32-33(4,28)29/h10-11,15-16H,5-9,12-14H2,1-4H3,(H,24,26). The van der Waals surface area contributed by atoms with E-state index < -0.39 is 33.6 Å². The van der Waals surface area contributed by atoms with Crippen molar-refractivity contribution in [2.24, 2.45) is 5.92 Å². The number of amides is 1. The Morgan fingerprint density at radius 1 is 1.18 bits per heavy atom. The minimum absolute atomic E-state index is 0.129. The highest BCUT2D eigenvalue weighted by Crippen LogP contribution is 2.34. The molecule has 0 bridgehead atoms. The van der Waals surface area contributed by atoms with Crippen molar-refractivity contribution in [1.29, 1.82) is 0 Å². The number of esters is 1. The van der Waals surface area contributed by atoms with Crippen molar-refractivity contribution < 1.29 is 31.7 Å². The maximum Gasteiger partial charge on any atom is 0.331 e. The van der Waals surface area contributed by atoms with Gasteiger partial charge in [-0.3, -0.25) is 8.98 Å². The van der Waals surface area contributed by atoms with Gasteiger partial charge in [0.1, 0.15) is 23.0 Å². The molecule has 2 fully saturated rings. The molecule has 0 atom stereocenters. The molecular formula is C22H33N3O7S. The van der Waals surface area contributed by atoms with Gasteiger partial charge in [-0.2, -0.15) is 8.42 Å². The number of anilines is 1. The van der Waals surface area contributed by atoms with E-state index in [1.807, 2.05) is 18.7 Å². The molecule has 1 aromatic heterocycles. The van der Waals surface area contributed by atoms with Crippen LogP contribution in [-0.2, 0) is 23.8 Å². The summed E-state index contributed by atoms with van der Waals surface area (Å²) in [6.45, 7) is 6.83. The molecule has 1 saturated heterocycles. The molecule has 0 unspecified atom stereocenters. The van der Waals surface area contributed by atoms with Crippen LogP contribution in [0.4, 0.5) is 5.69 Å². The monoisotopic (exact) mass is 483 g/mol. The first kappa shape index (κ1) is 25.2. The molecule has 2 aliphatic rings. The van der Waals surface area contributed by atoms with Gasteiger partial charge in [-0.1, -0.05) is 13.8 Å².